The summed E-state index contributed by atoms with van der Waals surface area (Å²) < 4.78 is 5.63. The highest BCUT2D eigenvalue weighted by molar-refractivity contribution is 7.99. The number of hydrogen-bond acceptors (Lipinski definition) is 6. The summed E-state index contributed by atoms with van der Waals surface area (Å²) in [6, 6.07) is 17.1. The van der Waals surface area contributed by atoms with Crippen LogP contribution in [0.2, 0.25) is 0 Å². The van der Waals surface area contributed by atoms with Gasteiger partial charge in [0.1, 0.15) is 21.9 Å². The maximum atomic E-state index is 12.1. The number of benzene rings is 2. The van der Waals surface area contributed by atoms with Gasteiger partial charge in [0.25, 0.3) is 5.91 Å². The van der Waals surface area contributed by atoms with Gasteiger partial charge in [-0.3, -0.25) is 4.79 Å². The maximum absolute atomic E-state index is 12.1. The molecule has 4 aromatic rings. The number of hydrogen-bond donors (Lipinski definition) is 1. The molecule has 0 bridgehead atoms. The van der Waals surface area contributed by atoms with Crippen molar-refractivity contribution in [3.8, 4) is 5.75 Å². The topological polar surface area (TPSA) is 64.1 Å². The number of thiophene rings is 1. The Morgan fingerprint density at radius 2 is 1.84 bits per heavy atom. The van der Waals surface area contributed by atoms with Gasteiger partial charge in [-0.1, -0.05) is 30.0 Å². The molecular weight excluding hydrogens is 426 g/mol. The van der Waals surface area contributed by atoms with Crippen LogP contribution in [0.15, 0.2) is 70.8 Å². The average molecular weight is 448 g/mol. The Labute approximate surface area is 188 Å². The minimum atomic E-state index is -0.185. The third kappa shape index (κ3) is 4.57. The Kier molecular flexibility index (Phi) is 5.86. The van der Waals surface area contributed by atoms with E-state index in [1.807, 2.05) is 65.9 Å². The highest BCUT2D eigenvalue weighted by atomic mass is 32.2. The first kappa shape index (κ1) is 20.0. The van der Waals surface area contributed by atoms with Gasteiger partial charge in [0, 0.05) is 20.8 Å². The summed E-state index contributed by atoms with van der Waals surface area (Å²) in [5.41, 5.74) is 2.20. The highest BCUT2D eigenvalue weighted by Crippen LogP contribution is 2.41. The molecule has 0 spiro atoms. The first-order chi connectivity index (χ1) is 15.3. The molecule has 0 radical (unpaired) electrons. The molecule has 0 saturated heterocycles. The van der Waals surface area contributed by atoms with E-state index in [0.717, 1.165) is 33.3 Å². The number of aryl methyl sites for hydroxylation is 2. The first-order valence-electron chi connectivity index (χ1n) is 10.3. The number of nitrogens with one attached hydrogen (secondary N) is 1. The van der Waals surface area contributed by atoms with E-state index in [1.54, 1.807) is 18.1 Å². The van der Waals surface area contributed by atoms with Crippen LogP contribution in [0.25, 0.3) is 10.2 Å². The van der Waals surface area contributed by atoms with Crippen LogP contribution in [0.1, 0.15) is 23.3 Å². The predicted molar refractivity (Wildman–Crippen MR) is 125 cm³/mol. The summed E-state index contributed by atoms with van der Waals surface area (Å²) in [6.07, 6.45) is 6.44. The van der Waals surface area contributed by atoms with Crippen LogP contribution in [0.3, 0.4) is 0 Å². The zero-order valence-corrected chi connectivity index (χ0v) is 18.5. The predicted octanol–water partition coefficient (Wildman–Crippen LogP) is 5.74. The SMILES string of the molecule is O=C(COc1ccc(Sc2ncnc3sc4c(c23)CCCC4)cc1)Nc1ccccc1. The van der Waals surface area contributed by atoms with Gasteiger partial charge in [0.15, 0.2) is 6.61 Å². The van der Waals surface area contributed by atoms with E-state index in [4.69, 9.17) is 4.74 Å². The molecule has 1 aliphatic rings. The fourth-order valence-electron chi connectivity index (χ4n) is 3.72. The summed E-state index contributed by atoms with van der Waals surface area (Å²) in [4.78, 5) is 24.8. The van der Waals surface area contributed by atoms with Gasteiger partial charge in [0.05, 0.1) is 0 Å². The van der Waals surface area contributed by atoms with Crippen molar-refractivity contribution in [2.75, 3.05) is 11.9 Å². The molecule has 156 valence electrons. The van der Waals surface area contributed by atoms with E-state index >= 15 is 0 Å². The summed E-state index contributed by atoms with van der Waals surface area (Å²) in [6.45, 7) is -0.0328. The van der Waals surface area contributed by atoms with Crippen LogP contribution < -0.4 is 10.1 Å². The number of ether oxygens (including phenoxy) is 1. The summed E-state index contributed by atoms with van der Waals surface area (Å²) in [7, 11) is 0. The molecule has 7 heteroatoms. The standard InChI is InChI=1S/C24H21N3O2S2/c28-21(27-16-6-2-1-3-7-16)14-29-17-10-12-18(13-11-17)30-23-22-19-8-4-5-9-20(19)31-24(22)26-15-25-23/h1-3,6-7,10-13,15H,4-5,8-9,14H2,(H,27,28). The molecule has 5 nitrogen and oxygen atoms in total. The third-order valence-electron chi connectivity index (χ3n) is 5.18. The number of anilines is 1. The van der Waals surface area contributed by atoms with Crippen molar-refractivity contribution in [2.45, 2.75) is 35.6 Å². The zero-order valence-electron chi connectivity index (χ0n) is 16.8. The molecule has 31 heavy (non-hydrogen) atoms. The largest absolute Gasteiger partial charge is 0.484 e. The molecule has 2 aromatic carbocycles. The Bertz CT molecular complexity index is 1210. The van der Waals surface area contributed by atoms with Gasteiger partial charge >= 0.3 is 0 Å². The molecule has 0 fully saturated rings. The van der Waals surface area contributed by atoms with E-state index in [9.17, 15) is 4.79 Å². The van der Waals surface area contributed by atoms with Gasteiger partial charge in [-0.15, -0.1) is 11.3 Å². The van der Waals surface area contributed by atoms with Gasteiger partial charge in [-0.05, 0) is 67.6 Å². The van der Waals surface area contributed by atoms with Crippen molar-refractivity contribution in [2.24, 2.45) is 0 Å². The Hall–Kier alpha value is -2.90. The Balaban J connectivity index is 1.25. The Morgan fingerprint density at radius 1 is 1.03 bits per heavy atom. The average Bonchev–Trinajstić information content (AvgIpc) is 3.19. The van der Waals surface area contributed by atoms with Crippen LogP contribution >= 0.6 is 23.1 Å². The van der Waals surface area contributed by atoms with Gasteiger partial charge in [-0.2, -0.15) is 0 Å². The number of carbonyl (C=O) groups is 1. The second-order valence-electron chi connectivity index (χ2n) is 7.35. The quantitative estimate of drug-likeness (QED) is 0.382. The molecular formula is C24H21N3O2S2. The van der Waals surface area contributed by atoms with E-state index < -0.39 is 0 Å². The molecule has 0 unspecified atom stereocenters. The molecule has 2 heterocycles. The smallest absolute Gasteiger partial charge is 0.262 e. The highest BCUT2D eigenvalue weighted by Gasteiger charge is 2.20. The molecule has 1 amide bonds. The zero-order chi connectivity index (χ0) is 21.0. The fourth-order valence-corrected chi connectivity index (χ4v) is 5.93. The molecule has 5 rings (SSSR count). The van der Waals surface area contributed by atoms with Crippen molar-refractivity contribution in [3.05, 3.63) is 71.4 Å². The number of fused-ring (bicyclic) bond motifs is 3. The summed E-state index contributed by atoms with van der Waals surface area (Å²) in [5, 5.41) is 5.06. The lowest BCUT2D eigenvalue weighted by atomic mass is 9.97. The molecule has 0 saturated carbocycles. The number of amides is 1. The van der Waals surface area contributed by atoms with Crippen molar-refractivity contribution in [1.29, 1.82) is 0 Å². The van der Waals surface area contributed by atoms with Crippen LogP contribution in [-0.2, 0) is 17.6 Å². The van der Waals surface area contributed by atoms with E-state index in [1.165, 1.54) is 28.7 Å². The third-order valence-corrected chi connectivity index (χ3v) is 7.39. The Morgan fingerprint density at radius 3 is 2.68 bits per heavy atom. The van der Waals surface area contributed by atoms with E-state index in [0.29, 0.717) is 5.75 Å². The van der Waals surface area contributed by atoms with Crippen LogP contribution in [0, 0.1) is 0 Å². The minimum absolute atomic E-state index is 0.0328. The van der Waals surface area contributed by atoms with E-state index in [-0.39, 0.29) is 12.5 Å². The lowest BCUT2D eigenvalue weighted by Crippen LogP contribution is -2.20. The van der Waals surface area contributed by atoms with Crippen molar-refractivity contribution < 1.29 is 9.53 Å². The van der Waals surface area contributed by atoms with Crippen molar-refractivity contribution >= 4 is 44.9 Å². The first-order valence-corrected chi connectivity index (χ1v) is 11.9. The molecule has 1 N–H and O–H groups in total. The summed E-state index contributed by atoms with van der Waals surface area (Å²) >= 11 is 3.46. The van der Waals surface area contributed by atoms with Crippen LogP contribution in [0.4, 0.5) is 5.69 Å². The van der Waals surface area contributed by atoms with Gasteiger partial charge in [-0.25, -0.2) is 9.97 Å². The second kappa shape index (κ2) is 9.08. The van der Waals surface area contributed by atoms with Gasteiger partial charge < -0.3 is 10.1 Å². The number of nitrogens with zero attached hydrogens (tertiary/aromatic N) is 2. The lowest BCUT2D eigenvalue weighted by molar-refractivity contribution is -0.118. The second-order valence-corrected chi connectivity index (χ2v) is 9.49. The normalized spacial score (nSPS) is 13.0. The molecule has 1 aliphatic carbocycles. The number of aromatic nitrogens is 2. The van der Waals surface area contributed by atoms with Crippen LogP contribution in [0.5, 0.6) is 5.75 Å². The molecule has 0 aliphatic heterocycles. The lowest BCUT2D eigenvalue weighted by Gasteiger charge is -2.11. The minimum Gasteiger partial charge on any atom is -0.484 e. The van der Waals surface area contributed by atoms with E-state index in [2.05, 4.69) is 15.3 Å². The number of para-hydroxylation sites is 1. The number of rotatable bonds is 6. The maximum Gasteiger partial charge on any atom is 0.262 e. The van der Waals surface area contributed by atoms with Gasteiger partial charge in [0.2, 0.25) is 0 Å². The van der Waals surface area contributed by atoms with Crippen molar-refractivity contribution in [1.82, 2.24) is 9.97 Å². The molecule has 2 aromatic heterocycles. The van der Waals surface area contributed by atoms with Crippen molar-refractivity contribution in [3.63, 3.8) is 0 Å². The number of carbonyl (C=O) groups excluding carboxylic acids is 1. The fraction of sp³-hybridized carbons (Fsp3) is 0.208. The van der Waals surface area contributed by atoms with Crippen LogP contribution in [-0.4, -0.2) is 22.5 Å². The monoisotopic (exact) mass is 447 g/mol. The summed E-state index contributed by atoms with van der Waals surface area (Å²) in [5.74, 6) is 0.476. The molecule has 0 atom stereocenters.